The molecule has 0 aliphatic carbocycles. The molecule has 0 saturated carbocycles. The summed E-state index contributed by atoms with van der Waals surface area (Å²) in [6.45, 7) is 3.22. The molecule has 7 heteroatoms. The van der Waals surface area contributed by atoms with Crippen molar-refractivity contribution < 1.29 is 19.6 Å². The zero-order valence-electron chi connectivity index (χ0n) is 8.76. The van der Waals surface area contributed by atoms with Crippen LogP contribution in [0.3, 0.4) is 0 Å². The van der Waals surface area contributed by atoms with Gasteiger partial charge in [-0.05, 0) is 13.8 Å². The zero-order valence-corrected chi connectivity index (χ0v) is 8.76. The number of aryl methyl sites for hydroxylation is 1. The van der Waals surface area contributed by atoms with Gasteiger partial charge in [-0.25, -0.2) is 9.78 Å². The molecule has 0 unspecified atom stereocenters. The van der Waals surface area contributed by atoms with Crippen molar-refractivity contribution in [3.8, 4) is 5.75 Å². The van der Waals surface area contributed by atoms with Crippen molar-refractivity contribution in [2.45, 2.75) is 13.8 Å². The predicted octanol–water partition coefficient (Wildman–Crippen LogP) is 1.40. The first-order chi connectivity index (χ1) is 7.47. The summed E-state index contributed by atoms with van der Waals surface area (Å²) in [6, 6.07) is 1.18. The molecular formula is C9H10N2O5. The molecule has 0 spiro atoms. The molecule has 0 aromatic carbocycles. The maximum atomic E-state index is 10.9. The van der Waals surface area contributed by atoms with E-state index in [-0.39, 0.29) is 23.7 Å². The van der Waals surface area contributed by atoms with Gasteiger partial charge >= 0.3 is 11.7 Å². The summed E-state index contributed by atoms with van der Waals surface area (Å²) in [6.07, 6.45) is 0. The van der Waals surface area contributed by atoms with Gasteiger partial charge in [0.15, 0.2) is 5.69 Å². The fourth-order valence-corrected chi connectivity index (χ4v) is 1.21. The zero-order chi connectivity index (χ0) is 12.3. The third-order valence-electron chi connectivity index (χ3n) is 1.77. The van der Waals surface area contributed by atoms with Crippen LogP contribution in [0.4, 0.5) is 5.69 Å². The van der Waals surface area contributed by atoms with Crippen LogP contribution in [0.1, 0.15) is 23.1 Å². The van der Waals surface area contributed by atoms with E-state index in [1.165, 1.54) is 13.0 Å². The van der Waals surface area contributed by atoms with Gasteiger partial charge in [-0.2, -0.15) is 0 Å². The van der Waals surface area contributed by atoms with Crippen LogP contribution in [-0.2, 0) is 0 Å². The van der Waals surface area contributed by atoms with Crippen LogP contribution in [0.25, 0.3) is 0 Å². The van der Waals surface area contributed by atoms with Gasteiger partial charge in [0.25, 0.3) is 0 Å². The Hall–Kier alpha value is -2.18. The third kappa shape index (κ3) is 2.25. The van der Waals surface area contributed by atoms with Crippen LogP contribution in [0.5, 0.6) is 5.75 Å². The first kappa shape index (κ1) is 11.9. The fourth-order valence-electron chi connectivity index (χ4n) is 1.21. The predicted molar refractivity (Wildman–Crippen MR) is 53.8 cm³/mol. The molecule has 0 saturated heterocycles. The van der Waals surface area contributed by atoms with E-state index in [0.29, 0.717) is 0 Å². The van der Waals surface area contributed by atoms with Crippen molar-refractivity contribution in [2.24, 2.45) is 0 Å². The molecule has 86 valence electrons. The molecule has 0 aliphatic rings. The number of aromatic nitrogens is 1. The number of pyridine rings is 1. The summed E-state index contributed by atoms with van der Waals surface area (Å²) in [4.78, 5) is 24.6. The highest BCUT2D eigenvalue weighted by atomic mass is 16.6. The van der Waals surface area contributed by atoms with E-state index < -0.39 is 16.6 Å². The van der Waals surface area contributed by atoms with Crippen molar-refractivity contribution in [2.75, 3.05) is 6.61 Å². The number of carboxylic acids is 1. The van der Waals surface area contributed by atoms with E-state index >= 15 is 0 Å². The SMILES string of the molecule is CCOc1c([N+](=O)[O-])cc(C)nc1C(=O)O. The standard InChI is InChI=1S/C9H10N2O5/c1-3-16-8-6(11(14)15)4-5(2)10-7(8)9(12)13/h4H,3H2,1-2H3,(H,12,13). The minimum atomic E-state index is -1.35. The van der Waals surface area contributed by atoms with Crippen molar-refractivity contribution >= 4 is 11.7 Å². The first-order valence-corrected chi connectivity index (χ1v) is 4.49. The van der Waals surface area contributed by atoms with Crippen LogP contribution in [-0.4, -0.2) is 27.6 Å². The van der Waals surface area contributed by atoms with Gasteiger partial charge in [0.05, 0.1) is 11.5 Å². The third-order valence-corrected chi connectivity index (χ3v) is 1.77. The lowest BCUT2D eigenvalue weighted by Crippen LogP contribution is -2.09. The number of carbonyl (C=O) groups is 1. The van der Waals surface area contributed by atoms with Crippen molar-refractivity contribution in [3.63, 3.8) is 0 Å². The molecule has 0 radical (unpaired) electrons. The Kier molecular flexibility index (Phi) is 3.39. The fraction of sp³-hybridized carbons (Fsp3) is 0.333. The molecule has 0 bridgehead atoms. The normalized spacial score (nSPS) is 9.88. The minimum absolute atomic E-state index is 0.131. The maximum absolute atomic E-state index is 10.9. The summed E-state index contributed by atoms with van der Waals surface area (Å²) < 4.78 is 4.96. The molecule has 0 atom stereocenters. The Bertz CT molecular complexity index is 409. The molecule has 1 heterocycles. The largest absolute Gasteiger partial charge is 0.485 e. The lowest BCUT2D eigenvalue weighted by Gasteiger charge is -2.07. The van der Waals surface area contributed by atoms with Crippen LogP contribution in [0.15, 0.2) is 6.07 Å². The lowest BCUT2D eigenvalue weighted by molar-refractivity contribution is -0.386. The van der Waals surface area contributed by atoms with E-state index in [2.05, 4.69) is 4.98 Å². The van der Waals surface area contributed by atoms with Crippen LogP contribution >= 0.6 is 0 Å². The van der Waals surface area contributed by atoms with Gasteiger partial charge in [-0.15, -0.1) is 0 Å². The Morgan fingerprint density at radius 1 is 1.69 bits per heavy atom. The average molecular weight is 226 g/mol. The topological polar surface area (TPSA) is 103 Å². The summed E-state index contributed by atoms with van der Waals surface area (Å²) in [5.74, 6) is -1.65. The number of ether oxygens (including phenoxy) is 1. The molecule has 16 heavy (non-hydrogen) atoms. The Morgan fingerprint density at radius 2 is 2.31 bits per heavy atom. The molecule has 0 fully saturated rings. The minimum Gasteiger partial charge on any atom is -0.485 e. The Labute approximate surface area is 90.8 Å². The quantitative estimate of drug-likeness (QED) is 0.614. The molecule has 1 rings (SSSR count). The Morgan fingerprint density at radius 3 is 2.75 bits per heavy atom. The van der Waals surface area contributed by atoms with E-state index in [1.807, 2.05) is 0 Å². The summed E-state index contributed by atoms with van der Waals surface area (Å²) in [7, 11) is 0. The number of nitro groups is 1. The second-order valence-electron chi connectivity index (χ2n) is 2.96. The summed E-state index contributed by atoms with van der Waals surface area (Å²) in [5.41, 5.74) is -0.562. The van der Waals surface area contributed by atoms with Crippen molar-refractivity contribution in [1.82, 2.24) is 4.98 Å². The van der Waals surface area contributed by atoms with Gasteiger partial charge in [-0.1, -0.05) is 0 Å². The molecule has 0 aliphatic heterocycles. The average Bonchev–Trinajstić information content (AvgIpc) is 2.19. The maximum Gasteiger partial charge on any atom is 0.358 e. The second-order valence-corrected chi connectivity index (χ2v) is 2.96. The monoisotopic (exact) mass is 226 g/mol. The van der Waals surface area contributed by atoms with E-state index in [0.717, 1.165) is 0 Å². The molecule has 7 nitrogen and oxygen atoms in total. The van der Waals surface area contributed by atoms with Gasteiger partial charge in [0.2, 0.25) is 5.75 Å². The number of hydrogen-bond donors (Lipinski definition) is 1. The smallest absolute Gasteiger partial charge is 0.358 e. The van der Waals surface area contributed by atoms with Gasteiger partial charge in [-0.3, -0.25) is 10.1 Å². The summed E-state index contributed by atoms with van der Waals surface area (Å²) >= 11 is 0. The number of nitrogens with zero attached hydrogens (tertiary/aromatic N) is 2. The number of carboxylic acid groups (broad SMARTS) is 1. The summed E-state index contributed by atoms with van der Waals surface area (Å²) in [5, 5.41) is 19.6. The van der Waals surface area contributed by atoms with E-state index in [9.17, 15) is 14.9 Å². The lowest BCUT2D eigenvalue weighted by atomic mass is 10.2. The number of rotatable bonds is 4. The van der Waals surface area contributed by atoms with Crippen LogP contribution in [0.2, 0.25) is 0 Å². The number of hydrogen-bond acceptors (Lipinski definition) is 5. The highest BCUT2D eigenvalue weighted by molar-refractivity contribution is 5.90. The molecule has 1 aromatic rings. The van der Waals surface area contributed by atoms with Crippen molar-refractivity contribution in [3.05, 3.63) is 27.6 Å². The highest BCUT2D eigenvalue weighted by Gasteiger charge is 2.25. The molecule has 0 amide bonds. The van der Waals surface area contributed by atoms with Gasteiger partial charge in [0.1, 0.15) is 0 Å². The van der Waals surface area contributed by atoms with E-state index in [1.54, 1.807) is 6.92 Å². The van der Waals surface area contributed by atoms with E-state index in [4.69, 9.17) is 9.84 Å². The second kappa shape index (κ2) is 4.56. The van der Waals surface area contributed by atoms with Crippen molar-refractivity contribution in [1.29, 1.82) is 0 Å². The molecular weight excluding hydrogens is 216 g/mol. The molecule has 1 N–H and O–H groups in total. The number of aromatic carboxylic acids is 1. The van der Waals surface area contributed by atoms with Gasteiger partial charge in [0, 0.05) is 11.8 Å². The van der Waals surface area contributed by atoms with Crippen LogP contribution < -0.4 is 4.74 Å². The first-order valence-electron chi connectivity index (χ1n) is 4.49. The highest BCUT2D eigenvalue weighted by Crippen LogP contribution is 2.30. The molecule has 1 aromatic heterocycles. The van der Waals surface area contributed by atoms with Gasteiger partial charge < -0.3 is 9.84 Å². The Balaban J connectivity index is 3.47. The van der Waals surface area contributed by atoms with Crippen LogP contribution in [0, 0.1) is 17.0 Å².